The number of methoxy groups -OCH3 is 1. The van der Waals surface area contributed by atoms with Gasteiger partial charge in [0.15, 0.2) is 0 Å². The minimum absolute atomic E-state index is 0.169. The summed E-state index contributed by atoms with van der Waals surface area (Å²) in [5, 5.41) is 3.01. The Labute approximate surface area is 146 Å². The second-order valence-electron chi connectivity index (χ2n) is 6.78. The Kier molecular flexibility index (Phi) is 7.37. The molecule has 1 aromatic rings. The van der Waals surface area contributed by atoms with Gasteiger partial charge in [-0.1, -0.05) is 26.0 Å². The second kappa shape index (κ2) is 9.52. The van der Waals surface area contributed by atoms with E-state index >= 15 is 0 Å². The largest absolute Gasteiger partial charge is 0.495 e. The van der Waals surface area contributed by atoms with E-state index < -0.39 is 0 Å². The molecule has 2 rings (SSSR count). The van der Waals surface area contributed by atoms with Crippen molar-refractivity contribution in [3.63, 3.8) is 0 Å². The summed E-state index contributed by atoms with van der Waals surface area (Å²) in [6.07, 6.45) is 1.63. The first-order valence-electron chi connectivity index (χ1n) is 8.97. The fourth-order valence-corrected chi connectivity index (χ4v) is 2.95. The Morgan fingerprint density at radius 1 is 1.21 bits per heavy atom. The average Bonchev–Trinajstić information content (AvgIpc) is 2.60. The van der Waals surface area contributed by atoms with Crippen LogP contribution in [0.5, 0.6) is 5.75 Å². The highest BCUT2D eigenvalue weighted by Crippen LogP contribution is 2.28. The molecule has 0 aromatic heterocycles. The lowest BCUT2D eigenvalue weighted by Gasteiger charge is -2.36. The Hall–Kier alpha value is -1.75. The van der Waals surface area contributed by atoms with Gasteiger partial charge in [-0.3, -0.25) is 9.69 Å². The number of carbonyl (C=O) groups excluding carboxylic acids is 1. The first-order valence-corrected chi connectivity index (χ1v) is 8.97. The Morgan fingerprint density at radius 2 is 1.92 bits per heavy atom. The van der Waals surface area contributed by atoms with Crippen LogP contribution in [0.15, 0.2) is 24.3 Å². The van der Waals surface area contributed by atoms with Gasteiger partial charge in [0, 0.05) is 45.7 Å². The molecule has 5 nitrogen and oxygen atoms in total. The number of hydrogen-bond donors (Lipinski definition) is 1. The quantitative estimate of drug-likeness (QED) is 0.793. The third-order valence-electron chi connectivity index (χ3n) is 4.50. The normalized spacial score (nSPS) is 15.6. The molecular formula is C19H31N3O2. The van der Waals surface area contributed by atoms with Crippen molar-refractivity contribution in [2.24, 2.45) is 5.92 Å². The molecule has 1 heterocycles. The molecule has 134 valence electrons. The van der Waals surface area contributed by atoms with Crippen molar-refractivity contribution in [1.29, 1.82) is 0 Å². The number of piperazine rings is 1. The Morgan fingerprint density at radius 3 is 2.58 bits per heavy atom. The molecule has 1 saturated heterocycles. The SMILES string of the molecule is COc1ccccc1N1CCN(CCC(=O)NCCC(C)C)CC1. The molecule has 0 atom stereocenters. The molecule has 5 heteroatoms. The zero-order valence-electron chi connectivity index (χ0n) is 15.3. The molecule has 24 heavy (non-hydrogen) atoms. The number of ether oxygens (including phenoxy) is 1. The van der Waals surface area contributed by atoms with Crippen LogP contribution in [0.2, 0.25) is 0 Å². The smallest absolute Gasteiger partial charge is 0.221 e. The summed E-state index contributed by atoms with van der Waals surface area (Å²) in [7, 11) is 1.72. The number of benzene rings is 1. The first kappa shape index (κ1) is 18.6. The lowest BCUT2D eigenvalue weighted by molar-refractivity contribution is -0.121. The molecule has 1 amide bonds. The summed E-state index contributed by atoms with van der Waals surface area (Å²) in [5.74, 6) is 1.73. The molecule has 1 aliphatic rings. The Balaban J connectivity index is 1.70. The summed E-state index contributed by atoms with van der Waals surface area (Å²) in [5.41, 5.74) is 1.16. The van der Waals surface area contributed by atoms with Crippen LogP contribution < -0.4 is 15.0 Å². The van der Waals surface area contributed by atoms with Crippen molar-refractivity contribution in [2.75, 3.05) is 51.3 Å². The lowest BCUT2D eigenvalue weighted by atomic mass is 10.1. The minimum atomic E-state index is 0.169. The van der Waals surface area contributed by atoms with Gasteiger partial charge in [-0.2, -0.15) is 0 Å². The first-order chi connectivity index (χ1) is 11.6. The van der Waals surface area contributed by atoms with Crippen molar-refractivity contribution >= 4 is 11.6 Å². The zero-order chi connectivity index (χ0) is 17.4. The van der Waals surface area contributed by atoms with Crippen molar-refractivity contribution < 1.29 is 9.53 Å². The second-order valence-corrected chi connectivity index (χ2v) is 6.78. The predicted octanol–water partition coefficient (Wildman–Crippen LogP) is 2.37. The van der Waals surface area contributed by atoms with Crippen LogP contribution in [0.1, 0.15) is 26.7 Å². The van der Waals surface area contributed by atoms with Gasteiger partial charge in [-0.25, -0.2) is 0 Å². The topological polar surface area (TPSA) is 44.8 Å². The van der Waals surface area contributed by atoms with Crippen LogP contribution >= 0.6 is 0 Å². The molecule has 1 N–H and O–H groups in total. The van der Waals surface area contributed by atoms with Crippen molar-refractivity contribution in [3.8, 4) is 5.75 Å². The highest BCUT2D eigenvalue weighted by Gasteiger charge is 2.19. The molecule has 1 aromatic carbocycles. The molecule has 1 fully saturated rings. The van der Waals surface area contributed by atoms with Crippen LogP contribution in [0.4, 0.5) is 5.69 Å². The number of carbonyl (C=O) groups is 1. The van der Waals surface area contributed by atoms with Gasteiger partial charge in [0.25, 0.3) is 0 Å². The van der Waals surface area contributed by atoms with E-state index in [0.717, 1.165) is 57.1 Å². The van der Waals surface area contributed by atoms with Crippen molar-refractivity contribution in [3.05, 3.63) is 24.3 Å². The number of nitrogens with one attached hydrogen (secondary N) is 1. The van der Waals surface area contributed by atoms with Gasteiger partial charge in [0.05, 0.1) is 12.8 Å². The molecule has 0 spiro atoms. The molecule has 0 saturated carbocycles. The minimum Gasteiger partial charge on any atom is -0.495 e. The lowest BCUT2D eigenvalue weighted by Crippen LogP contribution is -2.47. The maximum absolute atomic E-state index is 11.9. The maximum Gasteiger partial charge on any atom is 0.221 e. The average molecular weight is 333 g/mol. The fourth-order valence-electron chi connectivity index (χ4n) is 2.95. The number of hydrogen-bond acceptors (Lipinski definition) is 4. The van der Waals surface area contributed by atoms with E-state index in [2.05, 4.69) is 35.0 Å². The summed E-state index contributed by atoms with van der Waals surface area (Å²) in [6, 6.07) is 8.15. The molecular weight excluding hydrogens is 302 g/mol. The summed E-state index contributed by atoms with van der Waals surface area (Å²) in [4.78, 5) is 16.6. The Bertz CT molecular complexity index is 511. The van der Waals surface area contributed by atoms with E-state index in [1.807, 2.05) is 18.2 Å². The number of nitrogens with zero attached hydrogens (tertiary/aromatic N) is 2. The number of rotatable bonds is 8. The third kappa shape index (κ3) is 5.71. The van der Waals surface area contributed by atoms with E-state index in [4.69, 9.17) is 4.74 Å². The van der Waals surface area contributed by atoms with Gasteiger partial charge >= 0.3 is 0 Å². The van der Waals surface area contributed by atoms with Crippen LogP contribution in [0.25, 0.3) is 0 Å². The molecule has 1 aliphatic heterocycles. The zero-order valence-corrected chi connectivity index (χ0v) is 15.3. The summed E-state index contributed by atoms with van der Waals surface area (Å²) < 4.78 is 5.45. The van der Waals surface area contributed by atoms with Crippen LogP contribution in [0, 0.1) is 5.92 Å². The molecule has 0 unspecified atom stereocenters. The van der Waals surface area contributed by atoms with Crippen LogP contribution in [-0.4, -0.2) is 57.2 Å². The monoisotopic (exact) mass is 333 g/mol. The molecule has 0 radical (unpaired) electrons. The van der Waals surface area contributed by atoms with E-state index in [1.165, 1.54) is 0 Å². The summed E-state index contributed by atoms with van der Waals surface area (Å²) >= 11 is 0. The van der Waals surface area contributed by atoms with Gasteiger partial charge < -0.3 is 15.0 Å². The summed E-state index contributed by atoms with van der Waals surface area (Å²) in [6.45, 7) is 9.88. The molecule has 0 bridgehead atoms. The number of anilines is 1. The number of amides is 1. The van der Waals surface area contributed by atoms with E-state index in [0.29, 0.717) is 12.3 Å². The van der Waals surface area contributed by atoms with Crippen molar-refractivity contribution in [1.82, 2.24) is 10.2 Å². The number of para-hydroxylation sites is 2. The maximum atomic E-state index is 11.9. The van der Waals surface area contributed by atoms with Crippen LogP contribution in [0.3, 0.4) is 0 Å². The van der Waals surface area contributed by atoms with Gasteiger partial charge in [0.1, 0.15) is 5.75 Å². The van der Waals surface area contributed by atoms with Gasteiger partial charge in [-0.05, 0) is 24.5 Å². The fraction of sp³-hybridized carbons (Fsp3) is 0.632. The predicted molar refractivity (Wildman–Crippen MR) is 98.7 cm³/mol. The third-order valence-corrected chi connectivity index (χ3v) is 4.50. The van der Waals surface area contributed by atoms with Gasteiger partial charge in [-0.15, -0.1) is 0 Å². The van der Waals surface area contributed by atoms with Crippen LogP contribution in [-0.2, 0) is 4.79 Å². The standard InChI is InChI=1S/C19H31N3O2/c1-16(2)8-10-20-19(23)9-11-21-12-14-22(15-13-21)17-6-4-5-7-18(17)24-3/h4-7,16H,8-15H2,1-3H3,(H,20,23). The highest BCUT2D eigenvalue weighted by molar-refractivity contribution is 5.76. The molecule has 0 aliphatic carbocycles. The van der Waals surface area contributed by atoms with Gasteiger partial charge in [0.2, 0.25) is 5.91 Å². The van der Waals surface area contributed by atoms with E-state index in [1.54, 1.807) is 7.11 Å². The van der Waals surface area contributed by atoms with E-state index in [-0.39, 0.29) is 5.91 Å². The highest BCUT2D eigenvalue weighted by atomic mass is 16.5. The van der Waals surface area contributed by atoms with Crippen molar-refractivity contribution in [2.45, 2.75) is 26.7 Å². The van der Waals surface area contributed by atoms with E-state index in [9.17, 15) is 4.79 Å².